The van der Waals surface area contributed by atoms with E-state index in [0.717, 1.165) is 31.9 Å². The SMILES string of the molecule is CS(=O)(=O)C[C@@H](C(=O)O)C1CCCC1. The Morgan fingerprint density at radius 1 is 1.43 bits per heavy atom. The van der Waals surface area contributed by atoms with Gasteiger partial charge in [0.1, 0.15) is 9.84 Å². The van der Waals surface area contributed by atoms with Gasteiger partial charge in [0.2, 0.25) is 0 Å². The van der Waals surface area contributed by atoms with Gasteiger partial charge < -0.3 is 5.11 Å². The summed E-state index contributed by atoms with van der Waals surface area (Å²) in [6.45, 7) is 0. The van der Waals surface area contributed by atoms with Crippen molar-refractivity contribution < 1.29 is 18.3 Å². The molecule has 1 rings (SSSR count). The normalized spacial score (nSPS) is 20.9. The third kappa shape index (κ3) is 3.29. The van der Waals surface area contributed by atoms with E-state index in [4.69, 9.17) is 5.11 Å². The first-order chi connectivity index (χ1) is 6.40. The summed E-state index contributed by atoms with van der Waals surface area (Å²) in [5.74, 6) is -1.83. The van der Waals surface area contributed by atoms with Gasteiger partial charge in [0, 0.05) is 6.26 Å². The van der Waals surface area contributed by atoms with Crippen LogP contribution in [0.1, 0.15) is 25.7 Å². The predicted octanol–water partition coefficient (Wildman–Crippen LogP) is 0.922. The fourth-order valence-corrected chi connectivity index (χ4v) is 3.16. The molecule has 0 amide bonds. The van der Waals surface area contributed by atoms with Gasteiger partial charge in [-0.15, -0.1) is 0 Å². The number of carboxylic acid groups (broad SMARTS) is 1. The van der Waals surface area contributed by atoms with Crippen molar-refractivity contribution in [2.45, 2.75) is 25.7 Å². The Kier molecular flexibility index (Phi) is 3.53. The smallest absolute Gasteiger partial charge is 0.307 e. The average molecular weight is 220 g/mol. The Balaban J connectivity index is 2.69. The molecule has 14 heavy (non-hydrogen) atoms. The molecule has 1 aliphatic rings. The topological polar surface area (TPSA) is 71.4 Å². The van der Waals surface area contributed by atoms with Gasteiger partial charge in [0.05, 0.1) is 11.7 Å². The van der Waals surface area contributed by atoms with Crippen LogP contribution in [0.2, 0.25) is 0 Å². The lowest BCUT2D eigenvalue weighted by atomic mass is 9.93. The molecule has 0 spiro atoms. The summed E-state index contributed by atoms with van der Waals surface area (Å²) in [6, 6.07) is 0. The highest BCUT2D eigenvalue weighted by molar-refractivity contribution is 7.90. The van der Waals surface area contributed by atoms with Crippen molar-refractivity contribution in [3.05, 3.63) is 0 Å². The van der Waals surface area contributed by atoms with Crippen LogP contribution in [0.25, 0.3) is 0 Å². The van der Waals surface area contributed by atoms with E-state index >= 15 is 0 Å². The van der Waals surface area contributed by atoms with Gasteiger partial charge in [-0.1, -0.05) is 12.8 Å². The van der Waals surface area contributed by atoms with E-state index in [1.165, 1.54) is 0 Å². The highest BCUT2D eigenvalue weighted by Crippen LogP contribution is 2.32. The van der Waals surface area contributed by atoms with Gasteiger partial charge in [0.15, 0.2) is 0 Å². The molecule has 1 N–H and O–H groups in total. The second-order valence-electron chi connectivity index (χ2n) is 4.08. The van der Waals surface area contributed by atoms with Crippen molar-refractivity contribution in [3.63, 3.8) is 0 Å². The summed E-state index contributed by atoms with van der Waals surface area (Å²) in [4.78, 5) is 10.9. The Morgan fingerprint density at radius 2 is 1.93 bits per heavy atom. The number of hydrogen-bond donors (Lipinski definition) is 1. The molecule has 1 saturated carbocycles. The monoisotopic (exact) mass is 220 g/mol. The zero-order valence-corrected chi connectivity index (χ0v) is 9.09. The Labute approximate surface area is 84.2 Å². The third-order valence-corrected chi connectivity index (χ3v) is 3.73. The second-order valence-corrected chi connectivity index (χ2v) is 6.27. The van der Waals surface area contributed by atoms with E-state index in [2.05, 4.69) is 0 Å². The summed E-state index contributed by atoms with van der Waals surface area (Å²) < 4.78 is 22.1. The molecule has 0 aromatic rings. The maximum atomic E-state index is 11.0. The maximum Gasteiger partial charge on any atom is 0.307 e. The summed E-state index contributed by atoms with van der Waals surface area (Å²) in [5.41, 5.74) is 0. The van der Waals surface area contributed by atoms with Crippen molar-refractivity contribution >= 4 is 15.8 Å². The van der Waals surface area contributed by atoms with Crippen molar-refractivity contribution in [2.75, 3.05) is 12.0 Å². The van der Waals surface area contributed by atoms with Crippen LogP contribution in [0.15, 0.2) is 0 Å². The number of aliphatic carboxylic acids is 1. The fraction of sp³-hybridized carbons (Fsp3) is 0.889. The number of carboxylic acids is 1. The van der Waals surface area contributed by atoms with Crippen LogP contribution in [0, 0.1) is 11.8 Å². The summed E-state index contributed by atoms with van der Waals surface area (Å²) in [6.07, 6.45) is 4.85. The second kappa shape index (κ2) is 4.29. The molecular formula is C9H16O4S. The molecule has 1 aliphatic carbocycles. The minimum Gasteiger partial charge on any atom is -0.481 e. The van der Waals surface area contributed by atoms with Crippen LogP contribution in [0.3, 0.4) is 0 Å². The molecule has 0 bridgehead atoms. The third-order valence-electron chi connectivity index (χ3n) is 2.77. The zero-order valence-electron chi connectivity index (χ0n) is 8.27. The van der Waals surface area contributed by atoms with Gasteiger partial charge in [-0.3, -0.25) is 4.79 Å². The largest absolute Gasteiger partial charge is 0.481 e. The predicted molar refractivity (Wildman–Crippen MR) is 52.8 cm³/mol. The molecule has 4 nitrogen and oxygen atoms in total. The summed E-state index contributed by atoms with van der Waals surface area (Å²) >= 11 is 0. The van der Waals surface area contributed by atoms with E-state index in [9.17, 15) is 13.2 Å². The number of hydrogen-bond acceptors (Lipinski definition) is 3. The van der Waals surface area contributed by atoms with Gasteiger partial charge in [-0.25, -0.2) is 8.42 Å². The molecule has 0 aromatic carbocycles. The highest BCUT2D eigenvalue weighted by Gasteiger charge is 2.32. The van der Waals surface area contributed by atoms with Gasteiger partial charge in [-0.05, 0) is 18.8 Å². The number of carbonyl (C=O) groups is 1. The fourth-order valence-electron chi connectivity index (χ4n) is 2.09. The van der Waals surface area contributed by atoms with E-state index in [1.807, 2.05) is 0 Å². The number of rotatable bonds is 4. The molecular weight excluding hydrogens is 204 g/mol. The van der Waals surface area contributed by atoms with Crippen molar-refractivity contribution in [1.29, 1.82) is 0 Å². The van der Waals surface area contributed by atoms with Crippen LogP contribution in [-0.4, -0.2) is 31.5 Å². The van der Waals surface area contributed by atoms with Gasteiger partial charge in [0.25, 0.3) is 0 Å². The number of sulfone groups is 1. The molecule has 0 saturated heterocycles. The summed E-state index contributed by atoms with van der Waals surface area (Å²) in [5, 5.41) is 8.93. The quantitative estimate of drug-likeness (QED) is 0.764. The Morgan fingerprint density at radius 3 is 2.29 bits per heavy atom. The van der Waals surface area contributed by atoms with Gasteiger partial charge >= 0.3 is 5.97 Å². The first-order valence-electron chi connectivity index (χ1n) is 4.80. The van der Waals surface area contributed by atoms with E-state index in [1.54, 1.807) is 0 Å². The van der Waals surface area contributed by atoms with Crippen LogP contribution in [0.4, 0.5) is 0 Å². The molecule has 1 atom stereocenters. The lowest BCUT2D eigenvalue weighted by Gasteiger charge is -2.17. The zero-order chi connectivity index (χ0) is 10.8. The lowest BCUT2D eigenvalue weighted by Crippen LogP contribution is -2.29. The maximum absolute atomic E-state index is 11.0. The minimum absolute atomic E-state index is 0.0576. The molecule has 0 aromatic heterocycles. The minimum atomic E-state index is -3.19. The average Bonchev–Trinajstić information content (AvgIpc) is 2.49. The van der Waals surface area contributed by atoms with Crippen molar-refractivity contribution in [2.24, 2.45) is 11.8 Å². The summed E-state index contributed by atoms with van der Waals surface area (Å²) in [7, 11) is -3.19. The first-order valence-corrected chi connectivity index (χ1v) is 6.87. The van der Waals surface area contributed by atoms with Crippen molar-refractivity contribution in [3.8, 4) is 0 Å². The Hall–Kier alpha value is -0.580. The molecule has 82 valence electrons. The molecule has 0 radical (unpaired) electrons. The Bertz CT molecular complexity index is 301. The van der Waals surface area contributed by atoms with E-state index < -0.39 is 21.7 Å². The van der Waals surface area contributed by atoms with Crippen LogP contribution in [0.5, 0.6) is 0 Å². The van der Waals surface area contributed by atoms with Crippen LogP contribution in [-0.2, 0) is 14.6 Å². The molecule has 0 aliphatic heterocycles. The standard InChI is InChI=1S/C9H16O4S/c1-14(12,13)6-8(9(10)11)7-4-2-3-5-7/h7-8H,2-6H2,1H3,(H,10,11)/t8-/m1/s1. The molecule has 0 unspecified atom stereocenters. The van der Waals surface area contributed by atoms with Crippen LogP contribution < -0.4 is 0 Å². The van der Waals surface area contributed by atoms with Crippen molar-refractivity contribution in [1.82, 2.24) is 0 Å². The van der Waals surface area contributed by atoms with Gasteiger partial charge in [-0.2, -0.15) is 0 Å². The van der Waals surface area contributed by atoms with Crippen LogP contribution >= 0.6 is 0 Å². The molecule has 1 fully saturated rings. The van der Waals surface area contributed by atoms with E-state index in [0.29, 0.717) is 0 Å². The molecule has 0 heterocycles. The molecule has 5 heteroatoms. The first kappa shape index (κ1) is 11.5. The van der Waals surface area contributed by atoms with E-state index in [-0.39, 0.29) is 11.7 Å². The lowest BCUT2D eigenvalue weighted by molar-refractivity contribution is -0.142. The highest BCUT2D eigenvalue weighted by atomic mass is 32.2.